The number of benzene rings is 1. The average molecular weight is 463 g/mol. The Bertz CT molecular complexity index is 1080. The van der Waals surface area contributed by atoms with Crippen LogP contribution < -0.4 is 10.6 Å². The number of hydrogen-bond acceptors (Lipinski definition) is 7. The zero-order chi connectivity index (χ0) is 22.5. The lowest BCUT2D eigenvalue weighted by atomic mass is 10.3. The van der Waals surface area contributed by atoms with Crippen molar-refractivity contribution in [2.24, 2.45) is 0 Å². The van der Waals surface area contributed by atoms with Gasteiger partial charge in [-0.3, -0.25) is 9.59 Å². The molecule has 0 fully saturated rings. The van der Waals surface area contributed by atoms with E-state index in [4.69, 9.17) is 0 Å². The fraction of sp³-hybridized carbons (Fsp3) is 0.350. The van der Waals surface area contributed by atoms with Crippen molar-refractivity contribution >= 4 is 45.7 Å². The van der Waals surface area contributed by atoms with Crippen LogP contribution in [0.15, 0.2) is 29.4 Å². The number of amides is 2. The van der Waals surface area contributed by atoms with E-state index in [0.717, 1.165) is 10.6 Å². The Morgan fingerprint density at radius 1 is 1.16 bits per heavy atom. The summed E-state index contributed by atoms with van der Waals surface area (Å²) in [7, 11) is 0. The van der Waals surface area contributed by atoms with Crippen LogP contribution in [0.4, 0.5) is 15.2 Å². The zero-order valence-electron chi connectivity index (χ0n) is 17.6. The lowest BCUT2D eigenvalue weighted by Crippen LogP contribution is -2.19. The molecule has 0 bridgehead atoms. The number of carbonyl (C=O) groups is 2. The quantitative estimate of drug-likeness (QED) is 0.491. The molecule has 31 heavy (non-hydrogen) atoms. The van der Waals surface area contributed by atoms with Gasteiger partial charge in [0.2, 0.25) is 11.8 Å². The van der Waals surface area contributed by atoms with Crippen LogP contribution in [-0.2, 0) is 16.0 Å². The Balaban J connectivity index is 1.63. The van der Waals surface area contributed by atoms with E-state index in [-0.39, 0.29) is 29.8 Å². The standard InChI is InChI=1S/C20H23FN6O2S2/c1-11(2)27-16(9-17(28)23-15-8-6-5-7-14(15)21)25-26-20(27)30-10-18(29)24-19-22-12(3)13(4)31-19/h5-8,11H,9-10H2,1-4H3,(H,23,28)(H,22,24,29). The Morgan fingerprint density at radius 2 is 1.90 bits per heavy atom. The molecule has 2 N–H and O–H groups in total. The van der Waals surface area contributed by atoms with Crippen molar-refractivity contribution in [2.75, 3.05) is 16.4 Å². The number of carbonyl (C=O) groups excluding carboxylic acids is 2. The van der Waals surface area contributed by atoms with Gasteiger partial charge in [-0.2, -0.15) is 0 Å². The van der Waals surface area contributed by atoms with Gasteiger partial charge in [0.25, 0.3) is 0 Å². The van der Waals surface area contributed by atoms with E-state index in [1.807, 2.05) is 27.7 Å². The van der Waals surface area contributed by atoms with Gasteiger partial charge in [-0.15, -0.1) is 21.5 Å². The van der Waals surface area contributed by atoms with Gasteiger partial charge in [0.05, 0.1) is 23.6 Å². The molecule has 2 aromatic heterocycles. The molecule has 0 aliphatic rings. The fourth-order valence-electron chi connectivity index (χ4n) is 2.76. The number of thioether (sulfide) groups is 1. The number of thiazole rings is 1. The first kappa shape index (κ1) is 22.9. The van der Waals surface area contributed by atoms with E-state index in [0.29, 0.717) is 16.1 Å². The molecule has 2 amide bonds. The number of para-hydroxylation sites is 1. The highest BCUT2D eigenvalue weighted by atomic mass is 32.2. The smallest absolute Gasteiger partial charge is 0.236 e. The molecule has 0 unspecified atom stereocenters. The van der Waals surface area contributed by atoms with Crippen molar-refractivity contribution < 1.29 is 14.0 Å². The van der Waals surface area contributed by atoms with Crippen LogP contribution in [0.1, 0.15) is 36.3 Å². The highest BCUT2D eigenvalue weighted by Gasteiger charge is 2.19. The number of aryl methyl sites for hydroxylation is 2. The third-order valence-electron chi connectivity index (χ3n) is 4.33. The van der Waals surface area contributed by atoms with Crippen molar-refractivity contribution in [3.05, 3.63) is 46.5 Å². The van der Waals surface area contributed by atoms with Gasteiger partial charge in [-0.1, -0.05) is 23.9 Å². The fourth-order valence-corrected chi connectivity index (χ4v) is 4.47. The highest BCUT2D eigenvalue weighted by molar-refractivity contribution is 7.99. The number of hydrogen-bond donors (Lipinski definition) is 2. The minimum atomic E-state index is -0.506. The molecular weight excluding hydrogens is 439 g/mol. The largest absolute Gasteiger partial charge is 0.323 e. The Hall–Kier alpha value is -2.79. The lowest BCUT2D eigenvalue weighted by molar-refractivity contribution is -0.116. The Morgan fingerprint density at radius 3 is 2.55 bits per heavy atom. The zero-order valence-corrected chi connectivity index (χ0v) is 19.2. The van der Waals surface area contributed by atoms with Gasteiger partial charge in [-0.25, -0.2) is 9.37 Å². The summed E-state index contributed by atoms with van der Waals surface area (Å²) in [4.78, 5) is 30.0. The van der Waals surface area contributed by atoms with Gasteiger partial charge in [0.15, 0.2) is 10.3 Å². The van der Waals surface area contributed by atoms with Crippen LogP contribution in [0.5, 0.6) is 0 Å². The molecule has 0 saturated carbocycles. The third-order valence-corrected chi connectivity index (χ3v) is 6.26. The van der Waals surface area contributed by atoms with E-state index >= 15 is 0 Å². The first-order chi connectivity index (χ1) is 14.7. The summed E-state index contributed by atoms with van der Waals surface area (Å²) in [5.74, 6) is -0.532. The molecule has 164 valence electrons. The topological polar surface area (TPSA) is 102 Å². The summed E-state index contributed by atoms with van der Waals surface area (Å²) in [5.41, 5.74) is 1.01. The first-order valence-electron chi connectivity index (χ1n) is 9.59. The second kappa shape index (κ2) is 10.0. The normalized spacial score (nSPS) is 11.0. The molecule has 0 aliphatic heterocycles. The summed E-state index contributed by atoms with van der Waals surface area (Å²) in [5, 5.41) is 14.7. The summed E-state index contributed by atoms with van der Waals surface area (Å²) < 4.78 is 15.6. The SMILES string of the molecule is Cc1nc(NC(=O)CSc2nnc(CC(=O)Nc3ccccc3F)n2C(C)C)sc1C. The van der Waals surface area contributed by atoms with Crippen LogP contribution in [0.3, 0.4) is 0 Å². The molecule has 3 aromatic rings. The molecule has 0 saturated heterocycles. The molecule has 3 rings (SSSR count). The molecular formula is C20H23FN6O2S2. The number of halogens is 1. The van der Waals surface area contributed by atoms with Crippen LogP contribution in [-0.4, -0.2) is 37.3 Å². The maximum Gasteiger partial charge on any atom is 0.236 e. The maximum absolute atomic E-state index is 13.8. The van der Waals surface area contributed by atoms with Gasteiger partial charge in [-0.05, 0) is 39.8 Å². The lowest BCUT2D eigenvalue weighted by Gasteiger charge is -2.13. The van der Waals surface area contributed by atoms with Gasteiger partial charge >= 0.3 is 0 Å². The number of rotatable bonds is 8. The molecule has 8 nitrogen and oxygen atoms in total. The van der Waals surface area contributed by atoms with E-state index in [1.54, 1.807) is 16.7 Å². The molecule has 0 aliphatic carbocycles. The van der Waals surface area contributed by atoms with Crippen LogP contribution in [0.25, 0.3) is 0 Å². The molecule has 0 radical (unpaired) electrons. The predicted octanol–water partition coefficient (Wildman–Crippen LogP) is 3.98. The van der Waals surface area contributed by atoms with Crippen molar-refractivity contribution in [2.45, 2.75) is 45.3 Å². The van der Waals surface area contributed by atoms with Crippen molar-refractivity contribution in [3.8, 4) is 0 Å². The number of nitrogens with zero attached hydrogens (tertiary/aromatic N) is 4. The number of anilines is 2. The highest BCUT2D eigenvalue weighted by Crippen LogP contribution is 2.24. The Kier molecular flexibility index (Phi) is 7.39. The molecule has 0 spiro atoms. The van der Waals surface area contributed by atoms with Gasteiger partial charge in [0, 0.05) is 10.9 Å². The van der Waals surface area contributed by atoms with E-state index in [9.17, 15) is 14.0 Å². The van der Waals surface area contributed by atoms with E-state index in [2.05, 4.69) is 25.8 Å². The maximum atomic E-state index is 13.8. The molecule has 0 atom stereocenters. The number of nitrogens with one attached hydrogen (secondary N) is 2. The minimum Gasteiger partial charge on any atom is -0.323 e. The second-order valence-corrected chi connectivity index (χ2v) is 9.21. The van der Waals surface area contributed by atoms with E-state index in [1.165, 1.54) is 35.2 Å². The molecule has 11 heteroatoms. The third kappa shape index (κ3) is 5.88. The summed E-state index contributed by atoms with van der Waals surface area (Å²) in [6.07, 6.45) is -0.0655. The molecule has 1 aromatic carbocycles. The van der Waals surface area contributed by atoms with Gasteiger partial charge < -0.3 is 15.2 Å². The van der Waals surface area contributed by atoms with Crippen molar-refractivity contribution in [1.82, 2.24) is 19.7 Å². The monoisotopic (exact) mass is 462 g/mol. The summed E-state index contributed by atoms with van der Waals surface area (Å²) in [6.45, 7) is 7.72. The van der Waals surface area contributed by atoms with E-state index < -0.39 is 11.7 Å². The summed E-state index contributed by atoms with van der Waals surface area (Å²) in [6, 6.07) is 5.94. The van der Waals surface area contributed by atoms with Gasteiger partial charge in [0.1, 0.15) is 11.6 Å². The van der Waals surface area contributed by atoms with Crippen LogP contribution in [0.2, 0.25) is 0 Å². The van der Waals surface area contributed by atoms with Crippen LogP contribution in [0, 0.1) is 19.7 Å². The number of aromatic nitrogens is 4. The summed E-state index contributed by atoms with van der Waals surface area (Å²) >= 11 is 2.66. The first-order valence-corrected chi connectivity index (χ1v) is 11.4. The Labute approximate surface area is 187 Å². The predicted molar refractivity (Wildman–Crippen MR) is 120 cm³/mol. The average Bonchev–Trinajstić information content (AvgIpc) is 3.24. The molecule has 2 heterocycles. The van der Waals surface area contributed by atoms with Crippen molar-refractivity contribution in [3.63, 3.8) is 0 Å². The van der Waals surface area contributed by atoms with Crippen LogP contribution >= 0.6 is 23.1 Å². The minimum absolute atomic E-state index is 0.0268. The van der Waals surface area contributed by atoms with Crippen molar-refractivity contribution in [1.29, 1.82) is 0 Å². The second-order valence-electron chi connectivity index (χ2n) is 7.06.